The number of morpholine rings is 1. The summed E-state index contributed by atoms with van der Waals surface area (Å²) in [6.07, 6.45) is 0. The molecule has 0 saturated carbocycles. The highest BCUT2D eigenvalue weighted by molar-refractivity contribution is 5.39. The summed E-state index contributed by atoms with van der Waals surface area (Å²) in [6.45, 7) is 3.28. The van der Waals surface area contributed by atoms with E-state index in [-0.39, 0.29) is 0 Å². The minimum absolute atomic E-state index is 0.765. The number of rotatable bonds is 0. The van der Waals surface area contributed by atoms with Crippen LogP contribution in [0.4, 0.5) is 0 Å². The first kappa shape index (κ1) is 10.6. The predicted molar refractivity (Wildman–Crippen MR) is 63.5 cm³/mol. The molecule has 0 radical (unpaired) electrons. The minimum Gasteiger partial charge on any atom is -0.378 e. The second kappa shape index (κ2) is 5.85. The van der Waals surface area contributed by atoms with Crippen LogP contribution in [0.2, 0.25) is 0 Å². The van der Waals surface area contributed by atoms with Gasteiger partial charge in [-0.2, -0.15) is 0 Å². The Kier molecular flexibility index (Phi) is 3.88. The van der Waals surface area contributed by atoms with Gasteiger partial charge in [0.25, 0.3) is 0 Å². The van der Waals surface area contributed by atoms with Crippen LogP contribution in [0.3, 0.4) is 0 Å². The summed E-state index contributed by atoms with van der Waals surface area (Å²) in [5.41, 5.74) is 0.999. The van der Waals surface area contributed by atoms with Crippen molar-refractivity contribution in [3.8, 4) is 23.8 Å². The first-order valence-electron chi connectivity index (χ1n) is 5.34. The molecule has 0 spiro atoms. The molecule has 16 heavy (non-hydrogen) atoms. The van der Waals surface area contributed by atoms with Crippen molar-refractivity contribution < 1.29 is 4.74 Å². The average molecular weight is 211 g/mol. The van der Waals surface area contributed by atoms with E-state index in [0.717, 1.165) is 31.9 Å². The molecule has 1 fully saturated rings. The van der Waals surface area contributed by atoms with Crippen molar-refractivity contribution in [2.75, 3.05) is 26.3 Å². The van der Waals surface area contributed by atoms with Crippen molar-refractivity contribution in [1.29, 1.82) is 0 Å². The van der Waals surface area contributed by atoms with E-state index in [1.807, 2.05) is 35.2 Å². The summed E-state index contributed by atoms with van der Waals surface area (Å²) in [5, 5.41) is 0. The molecule has 2 heteroatoms. The third-order valence-electron chi connectivity index (χ3n) is 2.27. The van der Waals surface area contributed by atoms with Crippen LogP contribution in [0.1, 0.15) is 5.56 Å². The van der Waals surface area contributed by atoms with Crippen molar-refractivity contribution in [3.63, 3.8) is 0 Å². The molecule has 2 nitrogen and oxygen atoms in total. The lowest BCUT2D eigenvalue weighted by atomic mass is 10.2. The highest BCUT2D eigenvalue weighted by Crippen LogP contribution is 1.95. The molecule has 1 saturated heterocycles. The fourth-order valence-corrected chi connectivity index (χ4v) is 1.41. The molecule has 1 aliphatic rings. The third-order valence-corrected chi connectivity index (χ3v) is 2.27. The number of benzene rings is 1. The lowest BCUT2D eigenvalue weighted by Crippen LogP contribution is -2.32. The highest BCUT2D eigenvalue weighted by atomic mass is 16.5. The topological polar surface area (TPSA) is 12.5 Å². The maximum atomic E-state index is 5.23. The van der Waals surface area contributed by atoms with Gasteiger partial charge in [-0.15, -0.1) is 0 Å². The van der Waals surface area contributed by atoms with E-state index in [2.05, 4.69) is 23.8 Å². The summed E-state index contributed by atoms with van der Waals surface area (Å²) in [4.78, 5) is 2.04. The van der Waals surface area contributed by atoms with Gasteiger partial charge >= 0.3 is 0 Å². The molecule has 0 N–H and O–H groups in total. The smallest absolute Gasteiger partial charge is 0.0649 e. The molecule has 0 atom stereocenters. The number of hydrogen-bond donors (Lipinski definition) is 0. The fraction of sp³-hybridized carbons (Fsp3) is 0.286. The summed E-state index contributed by atoms with van der Waals surface area (Å²) in [5.74, 6) is 8.72. The van der Waals surface area contributed by atoms with E-state index in [1.54, 1.807) is 0 Å². The quantitative estimate of drug-likeness (QED) is 0.600. The van der Waals surface area contributed by atoms with E-state index in [9.17, 15) is 0 Å². The predicted octanol–water partition coefficient (Wildman–Crippen LogP) is 1.33. The average Bonchev–Trinajstić information content (AvgIpc) is 2.37. The van der Waals surface area contributed by atoms with Crippen LogP contribution in [-0.2, 0) is 4.74 Å². The Morgan fingerprint density at radius 3 is 2.50 bits per heavy atom. The van der Waals surface area contributed by atoms with Crippen LogP contribution < -0.4 is 0 Å². The summed E-state index contributed by atoms with van der Waals surface area (Å²) in [7, 11) is 0. The van der Waals surface area contributed by atoms with Crippen molar-refractivity contribution in [3.05, 3.63) is 35.9 Å². The molecular formula is C14H13NO. The molecule has 1 aromatic carbocycles. The monoisotopic (exact) mass is 211 g/mol. The van der Waals surface area contributed by atoms with Crippen molar-refractivity contribution in [1.82, 2.24) is 4.90 Å². The second-order valence-electron chi connectivity index (χ2n) is 3.45. The van der Waals surface area contributed by atoms with Crippen molar-refractivity contribution in [2.24, 2.45) is 0 Å². The van der Waals surface area contributed by atoms with Gasteiger partial charge in [-0.1, -0.05) is 24.1 Å². The van der Waals surface area contributed by atoms with Gasteiger partial charge in [0.05, 0.1) is 13.2 Å². The van der Waals surface area contributed by atoms with Crippen LogP contribution in [-0.4, -0.2) is 31.2 Å². The van der Waals surface area contributed by atoms with Gasteiger partial charge in [-0.3, -0.25) is 0 Å². The minimum atomic E-state index is 0.765. The molecule has 0 bridgehead atoms. The zero-order valence-corrected chi connectivity index (χ0v) is 9.07. The van der Waals surface area contributed by atoms with E-state index in [1.165, 1.54) is 0 Å². The van der Waals surface area contributed by atoms with Gasteiger partial charge in [0.15, 0.2) is 0 Å². The largest absolute Gasteiger partial charge is 0.378 e. The first-order valence-corrected chi connectivity index (χ1v) is 5.34. The molecule has 1 aliphatic heterocycles. The first-order chi connectivity index (χ1) is 7.95. The fourth-order valence-electron chi connectivity index (χ4n) is 1.41. The van der Waals surface area contributed by atoms with Crippen LogP contribution in [0.25, 0.3) is 0 Å². The summed E-state index contributed by atoms with van der Waals surface area (Å²) < 4.78 is 5.23. The SMILES string of the molecule is C(C#CN1CCOCC1)#Cc1ccccc1. The van der Waals surface area contributed by atoms with Gasteiger partial charge in [0, 0.05) is 30.6 Å². The van der Waals surface area contributed by atoms with E-state index in [0.29, 0.717) is 0 Å². The van der Waals surface area contributed by atoms with Crippen LogP contribution in [0, 0.1) is 23.8 Å². The molecule has 80 valence electrons. The van der Waals surface area contributed by atoms with E-state index in [4.69, 9.17) is 4.74 Å². The molecule has 2 rings (SSSR count). The zero-order valence-electron chi connectivity index (χ0n) is 9.07. The maximum Gasteiger partial charge on any atom is 0.0649 e. The molecule has 1 aromatic rings. The standard InChI is InChI=1S/C14H13NO/c1-2-6-14(7-3-1)8-4-5-9-15-10-12-16-13-11-15/h1-3,6-7H,10-13H2. The Hall–Kier alpha value is -1.90. The molecule has 1 heterocycles. The normalized spacial score (nSPS) is 14.4. The number of hydrogen-bond acceptors (Lipinski definition) is 2. The molecule has 0 aromatic heterocycles. The van der Waals surface area contributed by atoms with E-state index >= 15 is 0 Å². The van der Waals surface area contributed by atoms with Crippen LogP contribution in [0.15, 0.2) is 30.3 Å². The van der Waals surface area contributed by atoms with Gasteiger partial charge in [-0.05, 0) is 18.1 Å². The zero-order chi connectivity index (χ0) is 11.1. The molecule has 0 aliphatic carbocycles. The Labute approximate surface area is 96.2 Å². The Morgan fingerprint density at radius 2 is 1.75 bits per heavy atom. The lowest BCUT2D eigenvalue weighted by Gasteiger charge is -2.22. The lowest BCUT2D eigenvalue weighted by molar-refractivity contribution is 0.0638. The van der Waals surface area contributed by atoms with Crippen molar-refractivity contribution >= 4 is 0 Å². The maximum absolute atomic E-state index is 5.23. The van der Waals surface area contributed by atoms with Gasteiger partial charge in [0.1, 0.15) is 0 Å². The number of nitrogens with zero attached hydrogens (tertiary/aromatic N) is 1. The molecular weight excluding hydrogens is 198 g/mol. The molecule has 0 unspecified atom stereocenters. The molecule has 0 amide bonds. The second-order valence-corrected chi connectivity index (χ2v) is 3.45. The third kappa shape index (κ3) is 3.35. The van der Waals surface area contributed by atoms with Crippen molar-refractivity contribution in [2.45, 2.75) is 0 Å². The van der Waals surface area contributed by atoms with E-state index < -0.39 is 0 Å². The van der Waals surface area contributed by atoms with Gasteiger partial charge in [-0.25, -0.2) is 0 Å². The number of ether oxygens (including phenoxy) is 1. The Morgan fingerprint density at radius 1 is 1.00 bits per heavy atom. The van der Waals surface area contributed by atoms with Gasteiger partial charge < -0.3 is 9.64 Å². The Balaban J connectivity index is 1.91. The highest BCUT2D eigenvalue weighted by Gasteiger charge is 2.04. The summed E-state index contributed by atoms with van der Waals surface area (Å²) in [6, 6.07) is 12.9. The van der Waals surface area contributed by atoms with Crippen LogP contribution >= 0.6 is 0 Å². The van der Waals surface area contributed by atoms with Gasteiger partial charge in [0.2, 0.25) is 0 Å². The summed E-state index contributed by atoms with van der Waals surface area (Å²) >= 11 is 0. The van der Waals surface area contributed by atoms with Crippen LogP contribution in [0.5, 0.6) is 0 Å². The Bertz CT molecular complexity index is 438.